The van der Waals surface area contributed by atoms with Gasteiger partial charge in [-0.3, -0.25) is 0 Å². The van der Waals surface area contributed by atoms with Gasteiger partial charge in [-0.1, -0.05) is 22.9 Å². The van der Waals surface area contributed by atoms with Crippen molar-refractivity contribution >= 4 is 33.5 Å². The maximum atomic E-state index is 11.1. The van der Waals surface area contributed by atoms with Crippen LogP contribution in [0.15, 0.2) is 28.7 Å². The second kappa shape index (κ2) is 8.74. The summed E-state index contributed by atoms with van der Waals surface area (Å²) < 4.78 is 5.77. The van der Waals surface area contributed by atoms with Crippen LogP contribution in [0.5, 0.6) is 0 Å². The first-order valence-corrected chi connectivity index (χ1v) is 5.97. The molecule has 1 aromatic rings. The van der Waals surface area contributed by atoms with E-state index in [0.29, 0.717) is 12.2 Å². The number of rotatable bonds is 2. The Morgan fingerprint density at radius 3 is 2.20 bits per heavy atom. The van der Waals surface area contributed by atoms with E-state index in [1.165, 1.54) is 0 Å². The number of alkyl halides is 1. The molecule has 0 fully saturated rings. The summed E-state index contributed by atoms with van der Waals surface area (Å²) in [5.74, 6) is 0.449. The number of carbonyl (C=O) groups is 1. The quantitative estimate of drug-likeness (QED) is 0.611. The zero-order valence-corrected chi connectivity index (χ0v) is 11.1. The topological polar surface area (TPSA) is 26.3 Å². The zero-order valence-electron chi connectivity index (χ0n) is 8.80. The van der Waals surface area contributed by atoms with Crippen LogP contribution in [0.2, 0.25) is 0 Å². The maximum absolute atomic E-state index is 11.1. The molecule has 0 spiro atoms. The lowest BCUT2D eigenvalue weighted by Gasteiger charge is -2.00. The zero-order chi connectivity index (χ0) is 11.7. The molecule has 0 heterocycles. The molecule has 4 heteroatoms. The van der Waals surface area contributed by atoms with E-state index >= 15 is 0 Å². The average Bonchev–Trinajstić information content (AvgIpc) is 2.20. The van der Waals surface area contributed by atoms with Gasteiger partial charge in [0.05, 0.1) is 12.2 Å². The summed E-state index contributed by atoms with van der Waals surface area (Å²) in [7, 11) is 0. The minimum absolute atomic E-state index is 0.273. The van der Waals surface area contributed by atoms with Crippen molar-refractivity contribution in [1.82, 2.24) is 0 Å². The molecule has 0 unspecified atom stereocenters. The molecule has 0 N–H and O–H groups in total. The van der Waals surface area contributed by atoms with Crippen molar-refractivity contribution in [3.8, 4) is 0 Å². The van der Waals surface area contributed by atoms with Gasteiger partial charge in [-0.25, -0.2) is 4.79 Å². The van der Waals surface area contributed by atoms with E-state index in [9.17, 15) is 4.79 Å². The van der Waals surface area contributed by atoms with Crippen LogP contribution in [-0.4, -0.2) is 18.5 Å². The van der Waals surface area contributed by atoms with Crippen LogP contribution in [0.1, 0.15) is 24.2 Å². The highest BCUT2D eigenvalue weighted by molar-refractivity contribution is 9.10. The van der Waals surface area contributed by atoms with Gasteiger partial charge >= 0.3 is 5.97 Å². The second-order valence-electron chi connectivity index (χ2n) is 2.49. The molecule has 0 aliphatic heterocycles. The average molecular weight is 294 g/mol. The van der Waals surface area contributed by atoms with E-state index in [4.69, 9.17) is 16.3 Å². The number of hydrogen-bond donors (Lipinski definition) is 0. The molecule has 1 aromatic carbocycles. The van der Waals surface area contributed by atoms with Gasteiger partial charge in [0.25, 0.3) is 0 Å². The Bertz CT molecular complexity index is 285. The minimum Gasteiger partial charge on any atom is -0.462 e. The molecular weight excluding hydrogens is 279 g/mol. The molecule has 0 amide bonds. The van der Waals surface area contributed by atoms with Crippen molar-refractivity contribution in [2.75, 3.05) is 12.5 Å². The fraction of sp³-hybridized carbons (Fsp3) is 0.364. The van der Waals surface area contributed by atoms with Crippen molar-refractivity contribution in [2.45, 2.75) is 13.8 Å². The molecule has 15 heavy (non-hydrogen) atoms. The molecule has 0 saturated carbocycles. The third kappa shape index (κ3) is 6.52. The smallest absolute Gasteiger partial charge is 0.338 e. The predicted molar refractivity (Wildman–Crippen MR) is 66.5 cm³/mol. The van der Waals surface area contributed by atoms with E-state index in [-0.39, 0.29) is 5.97 Å². The van der Waals surface area contributed by atoms with Crippen molar-refractivity contribution in [2.24, 2.45) is 0 Å². The molecule has 84 valence electrons. The summed E-state index contributed by atoms with van der Waals surface area (Å²) in [6, 6.07) is 7.07. The van der Waals surface area contributed by atoms with Crippen LogP contribution in [0.25, 0.3) is 0 Å². The first-order chi connectivity index (χ1) is 7.15. The van der Waals surface area contributed by atoms with Gasteiger partial charge in [0.2, 0.25) is 0 Å². The lowest BCUT2D eigenvalue weighted by molar-refractivity contribution is 0.0526. The normalized spacial score (nSPS) is 8.80. The van der Waals surface area contributed by atoms with E-state index in [2.05, 4.69) is 15.9 Å². The van der Waals surface area contributed by atoms with Crippen LogP contribution in [0.4, 0.5) is 0 Å². The lowest BCUT2D eigenvalue weighted by atomic mass is 10.2. The third-order valence-electron chi connectivity index (χ3n) is 1.36. The molecule has 0 bridgehead atoms. The molecule has 0 aliphatic rings. The van der Waals surface area contributed by atoms with E-state index in [0.717, 1.165) is 10.4 Å². The second-order valence-corrected chi connectivity index (χ2v) is 3.94. The summed E-state index contributed by atoms with van der Waals surface area (Å²) in [4.78, 5) is 11.1. The Labute approximate surface area is 104 Å². The van der Waals surface area contributed by atoms with Crippen LogP contribution in [-0.2, 0) is 4.74 Å². The standard InChI is InChI=1S/C9H9BrO2.C2H5Cl/c1-2-12-9(11)7-3-5-8(10)6-4-7;1-2-3/h3-6H,2H2,1H3;2H2,1H3. The van der Waals surface area contributed by atoms with Gasteiger partial charge in [-0.15, -0.1) is 11.6 Å². The number of benzene rings is 1. The Kier molecular flexibility index (Phi) is 8.43. The first kappa shape index (κ1) is 14.5. The molecular formula is C11H14BrClO2. The maximum Gasteiger partial charge on any atom is 0.338 e. The Morgan fingerprint density at radius 2 is 1.80 bits per heavy atom. The summed E-state index contributed by atoms with van der Waals surface area (Å²) >= 11 is 8.28. The highest BCUT2D eigenvalue weighted by Crippen LogP contribution is 2.10. The van der Waals surface area contributed by atoms with Crippen molar-refractivity contribution < 1.29 is 9.53 Å². The number of esters is 1. The van der Waals surface area contributed by atoms with Crippen molar-refractivity contribution in [3.63, 3.8) is 0 Å². The van der Waals surface area contributed by atoms with Crippen LogP contribution in [0.3, 0.4) is 0 Å². The number of hydrogen-bond acceptors (Lipinski definition) is 2. The highest BCUT2D eigenvalue weighted by Gasteiger charge is 2.03. The number of ether oxygens (including phenoxy) is 1. The third-order valence-corrected chi connectivity index (χ3v) is 1.88. The van der Waals surface area contributed by atoms with Gasteiger partial charge < -0.3 is 4.74 Å². The molecule has 0 radical (unpaired) electrons. The summed E-state index contributed by atoms with van der Waals surface area (Å²) in [5, 5.41) is 0. The van der Waals surface area contributed by atoms with Gasteiger partial charge in [-0.2, -0.15) is 0 Å². The van der Waals surface area contributed by atoms with Gasteiger partial charge in [-0.05, 0) is 31.2 Å². The Balaban J connectivity index is 0.000000583. The molecule has 1 rings (SSSR count). The predicted octanol–water partition coefficient (Wildman–Crippen LogP) is 3.87. The van der Waals surface area contributed by atoms with E-state index in [1.807, 2.05) is 19.1 Å². The van der Waals surface area contributed by atoms with Crippen molar-refractivity contribution in [3.05, 3.63) is 34.3 Å². The SMILES string of the molecule is CCCl.CCOC(=O)c1ccc(Br)cc1. The monoisotopic (exact) mass is 292 g/mol. The molecule has 0 aromatic heterocycles. The first-order valence-electron chi connectivity index (χ1n) is 4.64. The van der Waals surface area contributed by atoms with Crippen LogP contribution in [0, 0.1) is 0 Å². The fourth-order valence-corrected chi connectivity index (χ4v) is 1.06. The summed E-state index contributed by atoms with van der Waals surface area (Å²) in [6.07, 6.45) is 0. The fourth-order valence-electron chi connectivity index (χ4n) is 0.800. The Morgan fingerprint density at radius 1 is 1.33 bits per heavy atom. The molecule has 0 aliphatic carbocycles. The summed E-state index contributed by atoms with van der Waals surface area (Å²) in [6.45, 7) is 4.09. The highest BCUT2D eigenvalue weighted by atomic mass is 79.9. The lowest BCUT2D eigenvalue weighted by Crippen LogP contribution is -2.03. The van der Waals surface area contributed by atoms with Crippen LogP contribution >= 0.6 is 27.5 Å². The molecule has 0 atom stereocenters. The van der Waals surface area contributed by atoms with Gasteiger partial charge in [0, 0.05) is 10.4 Å². The largest absolute Gasteiger partial charge is 0.462 e. The minimum atomic E-state index is -0.273. The Hall–Kier alpha value is -0.540. The number of halogens is 2. The van der Waals surface area contributed by atoms with Crippen LogP contribution < -0.4 is 0 Å². The van der Waals surface area contributed by atoms with Crippen molar-refractivity contribution in [1.29, 1.82) is 0 Å². The van der Waals surface area contributed by atoms with Gasteiger partial charge in [0.1, 0.15) is 0 Å². The molecule has 2 nitrogen and oxygen atoms in total. The molecule has 0 saturated heterocycles. The summed E-state index contributed by atoms with van der Waals surface area (Å²) in [5.41, 5.74) is 0.583. The number of carbonyl (C=O) groups excluding carboxylic acids is 1. The van der Waals surface area contributed by atoms with E-state index < -0.39 is 0 Å². The van der Waals surface area contributed by atoms with E-state index in [1.54, 1.807) is 19.1 Å². The van der Waals surface area contributed by atoms with Gasteiger partial charge in [0.15, 0.2) is 0 Å².